The number of hydrogen-bond donors (Lipinski definition) is 1. The average molecular weight is 281 g/mol. The molecule has 1 saturated carbocycles. The predicted octanol–water partition coefficient (Wildman–Crippen LogP) is 2.63. The SMILES string of the molecule is Cc1cn(C2CCS(=O)CC2)c(NC2CCCC2)n1. The molecule has 0 radical (unpaired) electrons. The summed E-state index contributed by atoms with van der Waals surface area (Å²) in [6.45, 7) is 2.05. The first-order chi connectivity index (χ1) is 9.22. The van der Waals surface area contributed by atoms with Crippen molar-refractivity contribution in [3.05, 3.63) is 11.9 Å². The molecule has 5 heteroatoms. The van der Waals surface area contributed by atoms with E-state index in [1.165, 1.54) is 25.7 Å². The maximum atomic E-state index is 11.5. The van der Waals surface area contributed by atoms with E-state index < -0.39 is 10.8 Å². The summed E-state index contributed by atoms with van der Waals surface area (Å²) in [6, 6.07) is 1.07. The summed E-state index contributed by atoms with van der Waals surface area (Å²) in [7, 11) is -0.593. The molecule has 3 rings (SSSR count). The molecule has 1 aromatic rings. The summed E-state index contributed by atoms with van der Waals surface area (Å²) < 4.78 is 13.8. The molecule has 0 aromatic carbocycles. The third kappa shape index (κ3) is 3.02. The lowest BCUT2D eigenvalue weighted by Gasteiger charge is -2.25. The lowest BCUT2D eigenvalue weighted by molar-refractivity contribution is 0.464. The maximum absolute atomic E-state index is 11.5. The van der Waals surface area contributed by atoms with Crippen molar-refractivity contribution in [1.82, 2.24) is 9.55 Å². The Morgan fingerprint density at radius 2 is 1.95 bits per heavy atom. The second-order valence-electron chi connectivity index (χ2n) is 5.82. The van der Waals surface area contributed by atoms with E-state index in [2.05, 4.69) is 28.0 Å². The minimum Gasteiger partial charge on any atom is -0.353 e. The van der Waals surface area contributed by atoms with E-state index in [1.54, 1.807) is 0 Å². The highest BCUT2D eigenvalue weighted by Crippen LogP contribution is 2.28. The third-order valence-electron chi connectivity index (χ3n) is 4.29. The number of aromatic nitrogens is 2. The zero-order chi connectivity index (χ0) is 13.2. The second-order valence-corrected chi connectivity index (χ2v) is 7.51. The van der Waals surface area contributed by atoms with Gasteiger partial charge in [-0.15, -0.1) is 0 Å². The van der Waals surface area contributed by atoms with E-state index in [9.17, 15) is 4.21 Å². The molecule has 4 nitrogen and oxygen atoms in total. The highest BCUT2D eigenvalue weighted by atomic mass is 32.2. The Morgan fingerprint density at radius 3 is 2.63 bits per heavy atom. The van der Waals surface area contributed by atoms with Crippen LogP contribution in [0, 0.1) is 6.92 Å². The molecule has 106 valence electrons. The van der Waals surface area contributed by atoms with Crippen molar-refractivity contribution in [2.75, 3.05) is 16.8 Å². The van der Waals surface area contributed by atoms with Crippen LogP contribution in [0.15, 0.2) is 6.20 Å². The smallest absolute Gasteiger partial charge is 0.203 e. The van der Waals surface area contributed by atoms with Crippen LogP contribution in [0.1, 0.15) is 50.3 Å². The first-order valence-corrected chi connectivity index (χ1v) is 8.88. The molecule has 0 amide bonds. The largest absolute Gasteiger partial charge is 0.353 e. The number of nitrogens with one attached hydrogen (secondary N) is 1. The summed E-state index contributed by atoms with van der Waals surface area (Å²) in [5, 5.41) is 3.61. The number of rotatable bonds is 3. The van der Waals surface area contributed by atoms with Crippen molar-refractivity contribution >= 4 is 16.7 Å². The molecular formula is C14H23N3OS. The molecule has 1 aromatic heterocycles. The topological polar surface area (TPSA) is 46.9 Å². The third-order valence-corrected chi connectivity index (χ3v) is 5.67. The van der Waals surface area contributed by atoms with E-state index in [1.807, 2.05) is 0 Å². The van der Waals surface area contributed by atoms with Gasteiger partial charge in [0.25, 0.3) is 0 Å². The Hall–Kier alpha value is -0.840. The van der Waals surface area contributed by atoms with Crippen molar-refractivity contribution < 1.29 is 4.21 Å². The van der Waals surface area contributed by atoms with Crippen molar-refractivity contribution in [3.8, 4) is 0 Å². The van der Waals surface area contributed by atoms with Gasteiger partial charge in [-0.3, -0.25) is 4.21 Å². The van der Waals surface area contributed by atoms with Gasteiger partial charge in [-0.1, -0.05) is 12.8 Å². The van der Waals surface area contributed by atoms with Gasteiger partial charge in [0.2, 0.25) is 5.95 Å². The lowest BCUT2D eigenvalue weighted by atomic mass is 10.1. The van der Waals surface area contributed by atoms with Crippen LogP contribution in [0.3, 0.4) is 0 Å². The molecular weight excluding hydrogens is 258 g/mol. The molecule has 2 heterocycles. The Bertz CT molecular complexity index is 455. The molecule has 2 aliphatic rings. The van der Waals surface area contributed by atoms with Gasteiger partial charge in [-0.2, -0.15) is 0 Å². The Balaban J connectivity index is 1.74. The molecule has 2 fully saturated rings. The molecule has 1 saturated heterocycles. The Morgan fingerprint density at radius 1 is 1.26 bits per heavy atom. The summed E-state index contributed by atoms with van der Waals surface area (Å²) in [5.74, 6) is 2.71. The van der Waals surface area contributed by atoms with Gasteiger partial charge >= 0.3 is 0 Å². The van der Waals surface area contributed by atoms with Gasteiger partial charge in [0.15, 0.2) is 0 Å². The normalized spacial score (nSPS) is 28.7. The minimum atomic E-state index is -0.593. The van der Waals surface area contributed by atoms with Crippen LogP contribution in [-0.4, -0.2) is 31.3 Å². The van der Waals surface area contributed by atoms with Crippen LogP contribution >= 0.6 is 0 Å². The summed E-state index contributed by atoms with van der Waals surface area (Å²) >= 11 is 0. The minimum absolute atomic E-state index is 0.475. The first kappa shape index (κ1) is 13.2. The number of hydrogen-bond acceptors (Lipinski definition) is 3. The summed E-state index contributed by atoms with van der Waals surface area (Å²) in [4.78, 5) is 4.64. The molecule has 0 atom stereocenters. The van der Waals surface area contributed by atoms with Crippen molar-refractivity contribution in [2.24, 2.45) is 0 Å². The molecule has 1 aliphatic heterocycles. The number of anilines is 1. The average Bonchev–Trinajstić information content (AvgIpc) is 3.01. The van der Waals surface area contributed by atoms with E-state index >= 15 is 0 Å². The quantitative estimate of drug-likeness (QED) is 0.926. The number of imidazole rings is 1. The zero-order valence-corrected chi connectivity index (χ0v) is 12.4. The van der Waals surface area contributed by atoms with Crippen LogP contribution in [0.25, 0.3) is 0 Å². The highest BCUT2D eigenvalue weighted by Gasteiger charge is 2.23. The number of nitrogens with zero attached hydrogens (tertiary/aromatic N) is 2. The maximum Gasteiger partial charge on any atom is 0.203 e. The summed E-state index contributed by atoms with van der Waals surface area (Å²) in [5.41, 5.74) is 1.08. The standard InChI is InChI=1S/C14H23N3OS/c1-11-10-17(13-6-8-19(18)9-7-13)14(15-11)16-12-4-2-3-5-12/h10,12-13H,2-9H2,1H3,(H,15,16). The molecule has 19 heavy (non-hydrogen) atoms. The second kappa shape index (κ2) is 5.65. The molecule has 1 N–H and O–H groups in total. The number of aryl methyl sites for hydroxylation is 1. The zero-order valence-electron chi connectivity index (χ0n) is 11.6. The van der Waals surface area contributed by atoms with Gasteiger partial charge < -0.3 is 9.88 Å². The monoisotopic (exact) mass is 281 g/mol. The lowest BCUT2D eigenvalue weighted by Crippen LogP contribution is -2.24. The van der Waals surface area contributed by atoms with Crippen LogP contribution in [-0.2, 0) is 10.8 Å². The van der Waals surface area contributed by atoms with Crippen molar-refractivity contribution in [3.63, 3.8) is 0 Å². The molecule has 0 unspecified atom stereocenters. The van der Waals surface area contributed by atoms with Gasteiger partial charge in [-0.25, -0.2) is 4.98 Å². The van der Waals surface area contributed by atoms with Gasteiger partial charge in [0.05, 0.1) is 5.69 Å². The summed E-state index contributed by atoms with van der Waals surface area (Å²) in [6.07, 6.45) is 9.38. The van der Waals surface area contributed by atoms with E-state index in [0.29, 0.717) is 12.1 Å². The van der Waals surface area contributed by atoms with Gasteiger partial charge in [-0.05, 0) is 32.6 Å². The Labute approximate surface area is 117 Å². The van der Waals surface area contributed by atoms with Crippen LogP contribution in [0.4, 0.5) is 5.95 Å². The van der Waals surface area contributed by atoms with Crippen molar-refractivity contribution in [2.45, 2.75) is 57.5 Å². The first-order valence-electron chi connectivity index (χ1n) is 7.39. The fourth-order valence-electron chi connectivity index (χ4n) is 3.21. The predicted molar refractivity (Wildman–Crippen MR) is 79.0 cm³/mol. The molecule has 1 aliphatic carbocycles. The molecule has 0 bridgehead atoms. The molecule has 0 spiro atoms. The van der Waals surface area contributed by atoms with Crippen LogP contribution in [0.5, 0.6) is 0 Å². The van der Waals surface area contributed by atoms with Gasteiger partial charge in [0.1, 0.15) is 0 Å². The fourth-order valence-corrected chi connectivity index (χ4v) is 4.49. The van der Waals surface area contributed by atoms with E-state index in [4.69, 9.17) is 0 Å². The van der Waals surface area contributed by atoms with Crippen molar-refractivity contribution in [1.29, 1.82) is 0 Å². The van der Waals surface area contributed by atoms with Crippen LogP contribution < -0.4 is 5.32 Å². The fraction of sp³-hybridized carbons (Fsp3) is 0.786. The van der Waals surface area contributed by atoms with E-state index in [0.717, 1.165) is 36.0 Å². The van der Waals surface area contributed by atoms with E-state index in [-0.39, 0.29) is 0 Å². The van der Waals surface area contributed by atoms with Gasteiger partial charge in [0, 0.05) is 40.6 Å². The Kier molecular flexibility index (Phi) is 3.91. The highest BCUT2D eigenvalue weighted by molar-refractivity contribution is 7.85. The van der Waals surface area contributed by atoms with Crippen LogP contribution in [0.2, 0.25) is 0 Å².